The third-order valence-electron chi connectivity index (χ3n) is 1.85. The van der Waals surface area contributed by atoms with Crippen molar-refractivity contribution in [3.05, 3.63) is 37.8 Å². The van der Waals surface area contributed by atoms with Crippen LogP contribution in [-0.4, -0.2) is 4.92 Å². The van der Waals surface area contributed by atoms with E-state index in [1.807, 2.05) is 0 Å². The van der Waals surface area contributed by atoms with E-state index in [0.29, 0.717) is 0 Å². The van der Waals surface area contributed by atoms with Crippen molar-refractivity contribution in [3.8, 4) is 0 Å². The molecule has 88 valence electrons. The predicted octanol–water partition coefficient (Wildman–Crippen LogP) is 4.27. The van der Waals surface area contributed by atoms with Gasteiger partial charge in [0.15, 0.2) is 0 Å². The number of alkyl halides is 4. The number of benzene rings is 1. The van der Waals surface area contributed by atoms with Crippen LogP contribution in [0.3, 0.4) is 0 Å². The van der Waals surface area contributed by atoms with Crippen molar-refractivity contribution in [1.82, 2.24) is 0 Å². The molecule has 0 bridgehead atoms. The van der Waals surface area contributed by atoms with Crippen molar-refractivity contribution in [2.24, 2.45) is 0 Å². The Kier molecular flexibility index (Phi) is 3.95. The lowest BCUT2D eigenvalue weighted by atomic mass is 10.1. The minimum absolute atomic E-state index is 0.208. The summed E-state index contributed by atoms with van der Waals surface area (Å²) in [5.74, 6) is 0. The normalized spacial score (nSPS) is 11.6. The standard InChI is InChI=1S/C8H4Br2F3NO2/c9-3-4-6(14(15)16)2-1-5(10)7(4)8(11,12)13/h1-2H,3H2. The van der Waals surface area contributed by atoms with Crippen LogP contribution in [0.5, 0.6) is 0 Å². The first kappa shape index (κ1) is 13.4. The monoisotopic (exact) mass is 361 g/mol. The van der Waals surface area contributed by atoms with Gasteiger partial charge in [-0.15, -0.1) is 0 Å². The Morgan fingerprint density at radius 1 is 1.38 bits per heavy atom. The first-order valence-corrected chi connectivity index (χ1v) is 5.79. The molecule has 0 atom stereocenters. The van der Waals surface area contributed by atoms with Crippen LogP contribution >= 0.6 is 31.9 Å². The second kappa shape index (κ2) is 4.70. The quantitative estimate of drug-likeness (QED) is 0.448. The fourth-order valence-electron chi connectivity index (χ4n) is 1.22. The van der Waals surface area contributed by atoms with E-state index in [4.69, 9.17) is 0 Å². The average Bonchev–Trinajstić information content (AvgIpc) is 2.14. The Balaban J connectivity index is 3.57. The van der Waals surface area contributed by atoms with Gasteiger partial charge < -0.3 is 0 Å². The molecule has 0 unspecified atom stereocenters. The Hall–Kier alpha value is -0.630. The Labute approximate surface area is 105 Å². The summed E-state index contributed by atoms with van der Waals surface area (Å²) in [6, 6.07) is 2.06. The minimum atomic E-state index is -4.63. The van der Waals surface area contributed by atoms with E-state index in [9.17, 15) is 23.3 Å². The molecule has 1 rings (SSSR count). The maximum Gasteiger partial charge on any atom is 0.418 e. The summed E-state index contributed by atoms with van der Waals surface area (Å²) in [6.45, 7) is 0. The zero-order valence-corrected chi connectivity index (χ0v) is 10.7. The van der Waals surface area contributed by atoms with Crippen molar-refractivity contribution in [1.29, 1.82) is 0 Å². The highest BCUT2D eigenvalue weighted by atomic mass is 79.9. The van der Waals surface area contributed by atoms with Gasteiger partial charge in [-0.1, -0.05) is 31.9 Å². The molecule has 0 aliphatic rings. The third-order valence-corrected chi connectivity index (χ3v) is 3.07. The Bertz CT molecular complexity index is 434. The molecule has 1 aromatic rings. The molecular weight excluding hydrogens is 359 g/mol. The maximum absolute atomic E-state index is 12.7. The minimum Gasteiger partial charge on any atom is -0.258 e. The van der Waals surface area contributed by atoms with E-state index in [1.165, 1.54) is 0 Å². The summed E-state index contributed by atoms with van der Waals surface area (Å²) in [4.78, 5) is 9.74. The highest BCUT2D eigenvalue weighted by Crippen LogP contribution is 2.41. The third kappa shape index (κ3) is 2.54. The van der Waals surface area contributed by atoms with Gasteiger partial charge in [-0.2, -0.15) is 13.2 Å². The fraction of sp³-hybridized carbons (Fsp3) is 0.250. The van der Waals surface area contributed by atoms with Crippen LogP contribution in [0.25, 0.3) is 0 Å². The smallest absolute Gasteiger partial charge is 0.258 e. The highest BCUT2D eigenvalue weighted by molar-refractivity contribution is 9.10. The van der Waals surface area contributed by atoms with Crippen molar-refractivity contribution in [2.75, 3.05) is 0 Å². The zero-order valence-electron chi connectivity index (χ0n) is 7.52. The van der Waals surface area contributed by atoms with Gasteiger partial charge in [0.05, 0.1) is 16.1 Å². The molecule has 0 amide bonds. The van der Waals surface area contributed by atoms with Gasteiger partial charge in [-0.3, -0.25) is 10.1 Å². The molecular formula is C8H4Br2F3NO2. The van der Waals surface area contributed by atoms with Gasteiger partial charge in [-0.25, -0.2) is 0 Å². The van der Waals surface area contributed by atoms with Gasteiger partial charge >= 0.3 is 6.18 Å². The summed E-state index contributed by atoms with van der Waals surface area (Å²) in [5.41, 5.74) is -1.95. The van der Waals surface area contributed by atoms with E-state index >= 15 is 0 Å². The molecule has 0 aliphatic heterocycles. The largest absolute Gasteiger partial charge is 0.418 e. The maximum atomic E-state index is 12.7. The molecule has 0 N–H and O–H groups in total. The number of hydrogen-bond donors (Lipinski definition) is 0. The molecule has 0 aliphatic carbocycles. The van der Waals surface area contributed by atoms with Crippen LogP contribution in [0.2, 0.25) is 0 Å². The number of nitro benzene ring substituents is 1. The zero-order chi connectivity index (χ0) is 12.5. The molecule has 0 spiro atoms. The van der Waals surface area contributed by atoms with Gasteiger partial charge in [0.1, 0.15) is 0 Å². The Morgan fingerprint density at radius 3 is 2.31 bits per heavy atom. The van der Waals surface area contributed by atoms with Crippen LogP contribution in [0.15, 0.2) is 16.6 Å². The molecule has 0 fully saturated rings. The van der Waals surface area contributed by atoms with Crippen LogP contribution in [0.1, 0.15) is 11.1 Å². The van der Waals surface area contributed by atoms with Gasteiger partial charge in [0.25, 0.3) is 5.69 Å². The van der Waals surface area contributed by atoms with Crippen LogP contribution < -0.4 is 0 Å². The lowest BCUT2D eigenvalue weighted by molar-refractivity contribution is -0.385. The molecule has 0 saturated heterocycles. The van der Waals surface area contributed by atoms with Crippen molar-refractivity contribution in [2.45, 2.75) is 11.5 Å². The molecule has 0 saturated carbocycles. The number of hydrogen-bond acceptors (Lipinski definition) is 2. The summed E-state index contributed by atoms with van der Waals surface area (Å²) in [5, 5.41) is 10.3. The topological polar surface area (TPSA) is 43.1 Å². The van der Waals surface area contributed by atoms with Gasteiger partial charge in [-0.05, 0) is 6.07 Å². The van der Waals surface area contributed by atoms with Crippen molar-refractivity contribution >= 4 is 37.5 Å². The summed E-state index contributed by atoms with van der Waals surface area (Å²) in [6.07, 6.45) is -4.63. The summed E-state index contributed by atoms with van der Waals surface area (Å²) >= 11 is 5.57. The lowest BCUT2D eigenvalue weighted by Crippen LogP contribution is -2.11. The Morgan fingerprint density at radius 2 is 1.94 bits per heavy atom. The molecule has 0 radical (unpaired) electrons. The lowest BCUT2D eigenvalue weighted by Gasteiger charge is -2.13. The molecule has 8 heteroatoms. The SMILES string of the molecule is O=[N+]([O-])c1ccc(Br)c(C(F)(F)F)c1CBr. The number of nitrogens with zero attached hydrogens (tertiary/aromatic N) is 1. The van der Waals surface area contributed by atoms with E-state index in [0.717, 1.165) is 12.1 Å². The van der Waals surface area contributed by atoms with Crippen molar-refractivity contribution < 1.29 is 18.1 Å². The fourth-order valence-corrected chi connectivity index (χ4v) is 2.38. The first-order chi connectivity index (χ1) is 7.29. The van der Waals surface area contributed by atoms with E-state index in [-0.39, 0.29) is 15.4 Å². The summed E-state index contributed by atoms with van der Waals surface area (Å²) < 4.78 is 37.8. The van der Waals surface area contributed by atoms with Crippen LogP contribution in [0.4, 0.5) is 18.9 Å². The number of nitro groups is 1. The van der Waals surface area contributed by atoms with Gasteiger partial charge in [0, 0.05) is 15.9 Å². The molecule has 16 heavy (non-hydrogen) atoms. The van der Waals surface area contributed by atoms with Crippen LogP contribution in [-0.2, 0) is 11.5 Å². The highest BCUT2D eigenvalue weighted by Gasteiger charge is 2.38. The molecule has 0 heterocycles. The van der Waals surface area contributed by atoms with Crippen LogP contribution in [0, 0.1) is 10.1 Å². The second-order valence-electron chi connectivity index (χ2n) is 2.81. The number of halogens is 5. The molecule has 0 aromatic heterocycles. The number of rotatable bonds is 2. The van der Waals surface area contributed by atoms with E-state index < -0.39 is 22.4 Å². The second-order valence-corrected chi connectivity index (χ2v) is 4.22. The summed E-state index contributed by atoms with van der Waals surface area (Å²) in [7, 11) is 0. The molecule has 1 aromatic carbocycles. The average molecular weight is 363 g/mol. The first-order valence-electron chi connectivity index (χ1n) is 3.88. The molecule has 3 nitrogen and oxygen atoms in total. The van der Waals surface area contributed by atoms with E-state index in [2.05, 4.69) is 31.9 Å². The predicted molar refractivity (Wildman–Crippen MR) is 58.4 cm³/mol. The van der Waals surface area contributed by atoms with E-state index in [1.54, 1.807) is 0 Å². The van der Waals surface area contributed by atoms with Gasteiger partial charge in [0.2, 0.25) is 0 Å². The van der Waals surface area contributed by atoms with Crippen molar-refractivity contribution in [3.63, 3.8) is 0 Å².